The molecule has 0 spiro atoms. The van der Waals surface area contributed by atoms with E-state index in [1.165, 1.54) is 12.8 Å². The van der Waals surface area contributed by atoms with Crippen LogP contribution in [0.15, 0.2) is 30.3 Å². The number of nitrogens with one attached hydrogen (secondary N) is 2. The van der Waals surface area contributed by atoms with Gasteiger partial charge in [0.1, 0.15) is 6.61 Å². The highest BCUT2D eigenvalue weighted by Gasteiger charge is 2.29. The fourth-order valence-electron chi connectivity index (χ4n) is 2.69. The van der Waals surface area contributed by atoms with Gasteiger partial charge >= 0.3 is 6.09 Å². The molecule has 5 nitrogen and oxygen atoms in total. The van der Waals surface area contributed by atoms with E-state index >= 15 is 0 Å². The number of hydrogen-bond donors (Lipinski definition) is 2. The van der Waals surface area contributed by atoms with E-state index in [9.17, 15) is 4.79 Å². The first-order valence-electron chi connectivity index (χ1n) is 8.49. The largest absolute Gasteiger partial charge is 0.445 e. The molecule has 0 bridgehead atoms. The van der Waals surface area contributed by atoms with Crippen LogP contribution in [0.3, 0.4) is 0 Å². The molecule has 128 valence electrons. The quantitative estimate of drug-likeness (QED) is 0.686. The zero-order valence-electron chi connectivity index (χ0n) is 14.3. The van der Waals surface area contributed by atoms with Gasteiger partial charge in [0.2, 0.25) is 0 Å². The minimum atomic E-state index is -0.316. The van der Waals surface area contributed by atoms with Crippen LogP contribution < -0.4 is 10.6 Å². The van der Waals surface area contributed by atoms with Gasteiger partial charge < -0.3 is 20.3 Å². The first kappa shape index (κ1) is 17.8. The van der Waals surface area contributed by atoms with Gasteiger partial charge in [0.05, 0.1) is 0 Å². The molecule has 0 heterocycles. The molecule has 1 aliphatic rings. The number of nitrogens with zero attached hydrogens (tertiary/aromatic N) is 1. The fraction of sp³-hybridized carbons (Fsp3) is 0.611. The third kappa shape index (κ3) is 7.01. The summed E-state index contributed by atoms with van der Waals surface area (Å²) in [6.45, 7) is 2.53. The average Bonchev–Trinajstić information content (AvgIpc) is 2.50. The van der Waals surface area contributed by atoms with Gasteiger partial charge in [-0.15, -0.1) is 0 Å². The number of carbonyl (C=O) groups excluding carboxylic acids is 1. The van der Waals surface area contributed by atoms with Gasteiger partial charge in [-0.1, -0.05) is 30.3 Å². The van der Waals surface area contributed by atoms with Crippen molar-refractivity contribution < 1.29 is 9.53 Å². The second-order valence-electron chi connectivity index (χ2n) is 6.54. The molecule has 2 N–H and O–H groups in total. The van der Waals surface area contributed by atoms with Crippen molar-refractivity contribution in [1.82, 2.24) is 15.5 Å². The van der Waals surface area contributed by atoms with Crippen molar-refractivity contribution in [2.75, 3.05) is 27.2 Å². The minimum Gasteiger partial charge on any atom is -0.445 e. The van der Waals surface area contributed by atoms with E-state index in [2.05, 4.69) is 29.6 Å². The Kier molecular flexibility index (Phi) is 7.36. The molecule has 5 heteroatoms. The van der Waals surface area contributed by atoms with Gasteiger partial charge in [-0.2, -0.15) is 0 Å². The van der Waals surface area contributed by atoms with E-state index in [1.54, 1.807) is 0 Å². The average molecular weight is 319 g/mol. The molecule has 23 heavy (non-hydrogen) atoms. The maximum absolute atomic E-state index is 11.7. The van der Waals surface area contributed by atoms with Gasteiger partial charge in [-0.05, 0) is 58.4 Å². The Labute approximate surface area is 139 Å². The van der Waals surface area contributed by atoms with Crippen molar-refractivity contribution in [3.63, 3.8) is 0 Å². The predicted octanol–water partition coefficient (Wildman–Crippen LogP) is 2.38. The van der Waals surface area contributed by atoms with Crippen LogP contribution in [0.4, 0.5) is 4.79 Å². The van der Waals surface area contributed by atoms with Crippen LogP contribution in [0.1, 0.15) is 31.2 Å². The molecule has 1 aliphatic carbocycles. The van der Waals surface area contributed by atoms with E-state index in [-0.39, 0.29) is 12.1 Å². The second kappa shape index (κ2) is 9.53. The standard InChI is InChI=1S/C18H29N3O2/c1-21(2)11-7-6-10-19-16-12-17(13-16)20-18(22)23-14-15-8-4-3-5-9-15/h3-5,8-9,16-17,19H,6-7,10-14H2,1-2H3,(H,20,22). The molecule has 1 fully saturated rings. The van der Waals surface area contributed by atoms with Crippen LogP contribution in [-0.2, 0) is 11.3 Å². The fourth-order valence-corrected chi connectivity index (χ4v) is 2.69. The number of rotatable bonds is 9. The number of benzene rings is 1. The van der Waals surface area contributed by atoms with Crippen molar-refractivity contribution in [2.45, 2.75) is 44.4 Å². The molecule has 2 rings (SSSR count). The highest BCUT2D eigenvalue weighted by molar-refractivity contribution is 5.67. The van der Waals surface area contributed by atoms with Gasteiger partial charge in [-0.25, -0.2) is 4.79 Å². The van der Waals surface area contributed by atoms with E-state index in [0.29, 0.717) is 12.6 Å². The molecule has 1 amide bonds. The highest BCUT2D eigenvalue weighted by atomic mass is 16.5. The third-order valence-electron chi connectivity index (χ3n) is 4.14. The van der Waals surface area contributed by atoms with Crippen LogP contribution in [0.5, 0.6) is 0 Å². The monoisotopic (exact) mass is 319 g/mol. The molecule has 0 unspecified atom stereocenters. The summed E-state index contributed by atoms with van der Waals surface area (Å²) in [5.41, 5.74) is 1.01. The van der Waals surface area contributed by atoms with Crippen LogP contribution in [0, 0.1) is 0 Å². The van der Waals surface area contributed by atoms with Crippen molar-refractivity contribution >= 4 is 6.09 Å². The zero-order valence-corrected chi connectivity index (χ0v) is 14.3. The minimum absolute atomic E-state index is 0.248. The molecule has 1 aromatic rings. The SMILES string of the molecule is CN(C)CCCCNC1CC(NC(=O)OCc2ccccc2)C1. The lowest BCUT2D eigenvalue weighted by Gasteiger charge is -2.36. The molecule has 1 aromatic carbocycles. The Morgan fingerprint density at radius 1 is 1.17 bits per heavy atom. The Bertz CT molecular complexity index is 459. The molecular weight excluding hydrogens is 290 g/mol. The van der Waals surface area contributed by atoms with Crippen molar-refractivity contribution in [3.8, 4) is 0 Å². The van der Waals surface area contributed by atoms with E-state index in [0.717, 1.165) is 31.5 Å². The molecule has 0 saturated heterocycles. The predicted molar refractivity (Wildman–Crippen MR) is 92.4 cm³/mol. The molecular formula is C18H29N3O2. The summed E-state index contributed by atoms with van der Waals surface area (Å²) in [4.78, 5) is 13.9. The van der Waals surface area contributed by atoms with Crippen molar-refractivity contribution in [1.29, 1.82) is 0 Å². The number of amides is 1. The zero-order chi connectivity index (χ0) is 16.5. The lowest BCUT2D eigenvalue weighted by atomic mass is 9.87. The van der Waals surface area contributed by atoms with Crippen LogP contribution in [0.25, 0.3) is 0 Å². The van der Waals surface area contributed by atoms with Crippen molar-refractivity contribution in [2.24, 2.45) is 0 Å². The lowest BCUT2D eigenvalue weighted by Crippen LogP contribution is -2.52. The van der Waals surface area contributed by atoms with Crippen LogP contribution in [-0.4, -0.2) is 50.3 Å². The second-order valence-corrected chi connectivity index (χ2v) is 6.54. The van der Waals surface area contributed by atoms with Gasteiger partial charge in [0.15, 0.2) is 0 Å². The number of hydrogen-bond acceptors (Lipinski definition) is 4. The normalized spacial score (nSPS) is 20.1. The number of alkyl carbamates (subject to hydrolysis) is 1. The van der Waals surface area contributed by atoms with E-state index in [4.69, 9.17) is 4.74 Å². The summed E-state index contributed by atoms with van der Waals surface area (Å²) in [6, 6.07) is 10.5. The van der Waals surface area contributed by atoms with E-state index < -0.39 is 0 Å². The summed E-state index contributed by atoms with van der Waals surface area (Å²) in [6.07, 6.45) is 4.09. The number of ether oxygens (including phenoxy) is 1. The molecule has 0 aliphatic heterocycles. The maximum atomic E-state index is 11.7. The maximum Gasteiger partial charge on any atom is 0.407 e. The highest BCUT2D eigenvalue weighted by Crippen LogP contribution is 2.20. The number of unbranched alkanes of at least 4 members (excludes halogenated alkanes) is 1. The topological polar surface area (TPSA) is 53.6 Å². The smallest absolute Gasteiger partial charge is 0.407 e. The first-order valence-corrected chi connectivity index (χ1v) is 8.49. The van der Waals surface area contributed by atoms with E-state index in [1.807, 2.05) is 30.3 Å². The summed E-state index contributed by atoms with van der Waals surface area (Å²) < 4.78 is 5.23. The first-order chi connectivity index (χ1) is 11.1. The Balaban J connectivity index is 1.48. The summed E-state index contributed by atoms with van der Waals surface area (Å²) in [7, 11) is 4.21. The molecule has 0 atom stereocenters. The molecule has 0 radical (unpaired) electrons. The summed E-state index contributed by atoms with van der Waals surface area (Å²) in [5.74, 6) is 0. The van der Waals surface area contributed by atoms with Gasteiger partial charge in [0, 0.05) is 12.1 Å². The third-order valence-corrected chi connectivity index (χ3v) is 4.14. The number of carbonyl (C=O) groups is 1. The summed E-state index contributed by atoms with van der Waals surface area (Å²) in [5, 5.41) is 6.47. The van der Waals surface area contributed by atoms with Gasteiger partial charge in [-0.3, -0.25) is 0 Å². The Morgan fingerprint density at radius 3 is 2.61 bits per heavy atom. The Morgan fingerprint density at radius 2 is 1.91 bits per heavy atom. The Hall–Kier alpha value is -1.59. The van der Waals surface area contributed by atoms with Gasteiger partial charge in [0.25, 0.3) is 0 Å². The lowest BCUT2D eigenvalue weighted by molar-refractivity contribution is 0.125. The van der Waals surface area contributed by atoms with Crippen LogP contribution >= 0.6 is 0 Å². The molecule has 0 aromatic heterocycles. The van der Waals surface area contributed by atoms with Crippen molar-refractivity contribution in [3.05, 3.63) is 35.9 Å². The summed E-state index contributed by atoms with van der Waals surface area (Å²) >= 11 is 0. The molecule has 1 saturated carbocycles. The van der Waals surface area contributed by atoms with Crippen LogP contribution in [0.2, 0.25) is 0 Å².